The molecule has 2 nitrogen and oxygen atoms in total. The van der Waals surface area contributed by atoms with Crippen LogP contribution in [-0.4, -0.2) is 4.57 Å². The second kappa shape index (κ2) is 12.9. The van der Waals surface area contributed by atoms with E-state index in [1.165, 1.54) is 80.7 Å². The molecule has 0 aliphatic rings. The Balaban J connectivity index is 1.10. The fourth-order valence-corrected chi connectivity index (χ4v) is 9.70. The van der Waals surface area contributed by atoms with Gasteiger partial charge in [0.15, 0.2) is 0 Å². The number of para-hydroxylation sites is 2. The Morgan fingerprint density at radius 2 is 1.00 bits per heavy atom. The third-order valence-corrected chi connectivity index (χ3v) is 12.2. The van der Waals surface area contributed by atoms with E-state index in [9.17, 15) is 0 Å². The SMILES string of the molecule is c1ccc(-c2ccc(N(c3cccc(-c4cccc(-n5c6ccccc6c6ccccc65)c4)c3)c3cccc4ccc5c6ccccc6sc5c34)cc2)cc1. The van der Waals surface area contributed by atoms with Gasteiger partial charge in [0, 0.05) is 53.4 Å². The lowest BCUT2D eigenvalue weighted by atomic mass is 10.0. The molecule has 258 valence electrons. The van der Waals surface area contributed by atoms with Crippen LogP contribution in [0.25, 0.3) is 80.7 Å². The van der Waals surface area contributed by atoms with Gasteiger partial charge in [0.25, 0.3) is 0 Å². The van der Waals surface area contributed by atoms with Crippen molar-refractivity contribution < 1.29 is 0 Å². The summed E-state index contributed by atoms with van der Waals surface area (Å²) in [4.78, 5) is 2.45. The van der Waals surface area contributed by atoms with Gasteiger partial charge < -0.3 is 9.47 Å². The molecule has 3 heteroatoms. The van der Waals surface area contributed by atoms with Crippen molar-refractivity contribution in [2.24, 2.45) is 0 Å². The van der Waals surface area contributed by atoms with Gasteiger partial charge in [0.2, 0.25) is 0 Å². The first-order chi connectivity index (χ1) is 27.3. The van der Waals surface area contributed by atoms with Crippen LogP contribution < -0.4 is 4.90 Å². The van der Waals surface area contributed by atoms with Gasteiger partial charge in [-0.15, -0.1) is 11.3 Å². The summed E-state index contributed by atoms with van der Waals surface area (Å²) in [5.74, 6) is 0. The zero-order chi connectivity index (χ0) is 36.3. The van der Waals surface area contributed by atoms with Crippen LogP contribution in [0.3, 0.4) is 0 Å². The average molecular weight is 719 g/mol. The largest absolute Gasteiger partial charge is 0.310 e. The smallest absolute Gasteiger partial charge is 0.0554 e. The number of nitrogens with zero attached hydrogens (tertiary/aromatic N) is 2. The number of anilines is 3. The topological polar surface area (TPSA) is 8.17 Å². The highest BCUT2D eigenvalue weighted by Crippen LogP contribution is 2.46. The highest BCUT2D eigenvalue weighted by molar-refractivity contribution is 7.26. The van der Waals surface area contributed by atoms with E-state index in [0.29, 0.717) is 0 Å². The molecule has 55 heavy (non-hydrogen) atoms. The Hall–Kier alpha value is -6.94. The number of thiophene rings is 1. The Kier molecular flexibility index (Phi) is 7.39. The standard InChI is InChI=1S/C52H34N2S/c1-2-13-35(14-3-1)36-27-30-40(31-28-36)53(49-25-12-15-37-29-32-46-45-22-6-9-26-50(45)55-52(46)51(37)49)41-18-10-16-38(33-41)39-17-11-19-42(34-39)54-47-23-7-4-20-43(47)44-21-5-8-24-48(44)54/h1-34H. The summed E-state index contributed by atoms with van der Waals surface area (Å²) in [6.45, 7) is 0. The van der Waals surface area contributed by atoms with E-state index in [1.54, 1.807) is 0 Å². The third kappa shape index (κ3) is 5.24. The van der Waals surface area contributed by atoms with E-state index in [2.05, 4.69) is 216 Å². The van der Waals surface area contributed by atoms with Crippen molar-refractivity contribution in [1.29, 1.82) is 0 Å². The molecular formula is C52H34N2S. The lowest BCUT2D eigenvalue weighted by molar-refractivity contribution is 1.18. The van der Waals surface area contributed by atoms with E-state index in [4.69, 9.17) is 0 Å². The van der Waals surface area contributed by atoms with Crippen LogP contribution >= 0.6 is 11.3 Å². The number of benzene rings is 9. The van der Waals surface area contributed by atoms with Crippen LogP contribution in [0, 0.1) is 0 Å². The van der Waals surface area contributed by atoms with Gasteiger partial charge >= 0.3 is 0 Å². The lowest BCUT2D eigenvalue weighted by Gasteiger charge is -2.28. The lowest BCUT2D eigenvalue weighted by Crippen LogP contribution is -2.10. The van der Waals surface area contributed by atoms with E-state index >= 15 is 0 Å². The minimum Gasteiger partial charge on any atom is -0.310 e. The normalized spacial score (nSPS) is 11.6. The first kappa shape index (κ1) is 31.6. The van der Waals surface area contributed by atoms with E-state index in [-0.39, 0.29) is 0 Å². The zero-order valence-corrected chi connectivity index (χ0v) is 30.7. The van der Waals surface area contributed by atoms with Gasteiger partial charge in [0.05, 0.1) is 16.7 Å². The second-order valence-electron chi connectivity index (χ2n) is 14.1. The number of hydrogen-bond donors (Lipinski definition) is 0. The molecule has 0 fully saturated rings. The fraction of sp³-hybridized carbons (Fsp3) is 0. The first-order valence-corrected chi connectivity index (χ1v) is 19.6. The number of aromatic nitrogens is 1. The average Bonchev–Trinajstić information content (AvgIpc) is 3.81. The quantitative estimate of drug-likeness (QED) is 0.166. The fourth-order valence-electron chi connectivity index (χ4n) is 8.43. The summed E-state index contributed by atoms with van der Waals surface area (Å²) in [7, 11) is 0. The second-order valence-corrected chi connectivity index (χ2v) is 15.2. The molecule has 2 aromatic heterocycles. The maximum atomic E-state index is 2.45. The molecule has 0 aliphatic heterocycles. The molecule has 9 aromatic carbocycles. The van der Waals surface area contributed by atoms with Crippen molar-refractivity contribution in [3.05, 3.63) is 206 Å². The van der Waals surface area contributed by atoms with Crippen LogP contribution in [0.1, 0.15) is 0 Å². The summed E-state index contributed by atoms with van der Waals surface area (Å²) >= 11 is 1.89. The molecular weight excluding hydrogens is 685 g/mol. The number of rotatable bonds is 6. The first-order valence-electron chi connectivity index (χ1n) is 18.8. The summed E-state index contributed by atoms with van der Waals surface area (Å²) in [6, 6.07) is 75.1. The van der Waals surface area contributed by atoms with Crippen molar-refractivity contribution >= 4 is 81.1 Å². The van der Waals surface area contributed by atoms with Crippen LogP contribution in [0.5, 0.6) is 0 Å². The number of fused-ring (bicyclic) bond motifs is 8. The maximum Gasteiger partial charge on any atom is 0.0554 e. The molecule has 0 amide bonds. The van der Waals surface area contributed by atoms with Gasteiger partial charge in [-0.3, -0.25) is 0 Å². The van der Waals surface area contributed by atoms with Crippen LogP contribution in [-0.2, 0) is 0 Å². The summed E-state index contributed by atoms with van der Waals surface area (Å²) < 4.78 is 5.02. The van der Waals surface area contributed by atoms with Gasteiger partial charge in [-0.05, 0) is 88.3 Å². The maximum absolute atomic E-state index is 2.45. The Labute approximate surface area is 323 Å². The van der Waals surface area contributed by atoms with Gasteiger partial charge in [-0.2, -0.15) is 0 Å². The minimum absolute atomic E-state index is 1.11. The predicted octanol–water partition coefficient (Wildman–Crippen LogP) is 15.1. The molecule has 0 unspecified atom stereocenters. The predicted molar refractivity (Wildman–Crippen MR) is 237 cm³/mol. The highest BCUT2D eigenvalue weighted by atomic mass is 32.1. The van der Waals surface area contributed by atoms with Crippen LogP contribution in [0.4, 0.5) is 17.1 Å². The van der Waals surface area contributed by atoms with Crippen LogP contribution in [0.2, 0.25) is 0 Å². The molecule has 0 bridgehead atoms. The molecule has 0 radical (unpaired) electrons. The molecule has 0 atom stereocenters. The number of hydrogen-bond acceptors (Lipinski definition) is 2. The minimum atomic E-state index is 1.11. The summed E-state index contributed by atoms with van der Waals surface area (Å²) in [6.07, 6.45) is 0. The Morgan fingerprint density at radius 1 is 0.382 bits per heavy atom. The van der Waals surface area contributed by atoms with Crippen molar-refractivity contribution in [3.63, 3.8) is 0 Å². The molecule has 11 aromatic rings. The molecule has 0 spiro atoms. The van der Waals surface area contributed by atoms with E-state index in [1.807, 2.05) is 11.3 Å². The Morgan fingerprint density at radius 3 is 1.78 bits per heavy atom. The molecule has 0 saturated carbocycles. The van der Waals surface area contributed by atoms with Crippen molar-refractivity contribution in [2.45, 2.75) is 0 Å². The van der Waals surface area contributed by atoms with Crippen molar-refractivity contribution in [1.82, 2.24) is 4.57 Å². The molecule has 11 rings (SSSR count). The summed E-state index contributed by atoms with van der Waals surface area (Å²) in [5, 5.41) is 7.65. The Bertz CT molecular complexity index is 3150. The van der Waals surface area contributed by atoms with E-state index in [0.717, 1.165) is 17.1 Å². The van der Waals surface area contributed by atoms with Crippen molar-refractivity contribution in [2.75, 3.05) is 4.90 Å². The third-order valence-electron chi connectivity index (χ3n) is 11.0. The zero-order valence-electron chi connectivity index (χ0n) is 29.9. The molecule has 0 N–H and O–H groups in total. The summed E-state index contributed by atoms with van der Waals surface area (Å²) in [5.41, 5.74) is 11.7. The van der Waals surface area contributed by atoms with Gasteiger partial charge in [-0.25, -0.2) is 0 Å². The monoisotopic (exact) mass is 718 g/mol. The van der Waals surface area contributed by atoms with E-state index < -0.39 is 0 Å². The van der Waals surface area contributed by atoms with Crippen molar-refractivity contribution in [3.8, 4) is 27.9 Å². The molecule has 2 heterocycles. The molecule has 0 saturated heterocycles. The van der Waals surface area contributed by atoms with Gasteiger partial charge in [-0.1, -0.05) is 146 Å². The van der Waals surface area contributed by atoms with Gasteiger partial charge in [0.1, 0.15) is 0 Å². The van der Waals surface area contributed by atoms with Crippen LogP contribution in [0.15, 0.2) is 206 Å². The highest BCUT2D eigenvalue weighted by Gasteiger charge is 2.20. The molecule has 0 aliphatic carbocycles.